The van der Waals surface area contributed by atoms with Crippen LogP contribution in [0.4, 0.5) is 0 Å². The van der Waals surface area contributed by atoms with Crippen LogP contribution in [0.25, 0.3) is 11.4 Å². The number of carbonyl (C=O) groups excluding carboxylic acids is 1. The van der Waals surface area contributed by atoms with Crippen LogP contribution in [0, 0.1) is 5.92 Å². The van der Waals surface area contributed by atoms with Gasteiger partial charge in [-0.3, -0.25) is 4.79 Å². The van der Waals surface area contributed by atoms with E-state index in [4.69, 9.17) is 4.52 Å². The molecule has 4 rings (SSSR count). The number of aromatic nitrogens is 2. The van der Waals surface area contributed by atoms with Crippen molar-refractivity contribution < 1.29 is 9.32 Å². The van der Waals surface area contributed by atoms with E-state index in [1.165, 1.54) is 0 Å². The van der Waals surface area contributed by atoms with Gasteiger partial charge in [-0.25, -0.2) is 0 Å². The second-order valence-electron chi connectivity index (χ2n) is 6.85. The van der Waals surface area contributed by atoms with Crippen LogP contribution in [0.1, 0.15) is 50.5 Å². The van der Waals surface area contributed by atoms with Gasteiger partial charge in [0.05, 0.1) is 0 Å². The Bertz CT molecular complexity index is 753. The second-order valence-corrected chi connectivity index (χ2v) is 6.85. The molecule has 1 saturated heterocycles. The van der Waals surface area contributed by atoms with E-state index in [0.29, 0.717) is 11.7 Å². The molecule has 0 N–H and O–H groups in total. The van der Waals surface area contributed by atoms with Crippen molar-refractivity contribution in [1.29, 1.82) is 0 Å². The third-order valence-corrected chi connectivity index (χ3v) is 5.16. The summed E-state index contributed by atoms with van der Waals surface area (Å²) in [6.45, 7) is 0.784. The minimum atomic E-state index is -0.0860. The molecule has 5 nitrogen and oxygen atoms in total. The highest BCUT2D eigenvalue weighted by atomic mass is 16.5. The zero-order valence-corrected chi connectivity index (χ0v) is 14.3. The number of hydrogen-bond acceptors (Lipinski definition) is 4. The van der Waals surface area contributed by atoms with E-state index in [1.807, 2.05) is 35.2 Å². The van der Waals surface area contributed by atoms with Gasteiger partial charge in [-0.15, -0.1) is 0 Å². The Labute approximate surface area is 147 Å². The van der Waals surface area contributed by atoms with Crippen molar-refractivity contribution in [1.82, 2.24) is 15.0 Å². The lowest BCUT2D eigenvalue weighted by atomic mass is 9.91. The van der Waals surface area contributed by atoms with Crippen molar-refractivity contribution in [3.05, 3.63) is 48.4 Å². The summed E-state index contributed by atoms with van der Waals surface area (Å²) < 4.78 is 5.56. The Morgan fingerprint density at radius 2 is 2.00 bits per heavy atom. The Morgan fingerprint density at radius 3 is 2.80 bits per heavy atom. The molecule has 0 saturated carbocycles. The molecule has 1 fully saturated rings. The van der Waals surface area contributed by atoms with Crippen LogP contribution in [-0.2, 0) is 4.79 Å². The van der Waals surface area contributed by atoms with Gasteiger partial charge in [0, 0.05) is 18.0 Å². The van der Waals surface area contributed by atoms with E-state index < -0.39 is 0 Å². The first kappa shape index (κ1) is 16.1. The molecule has 1 aliphatic heterocycles. The maximum Gasteiger partial charge on any atom is 0.249 e. The van der Waals surface area contributed by atoms with Crippen LogP contribution < -0.4 is 0 Å². The second kappa shape index (κ2) is 7.21. The highest BCUT2D eigenvalue weighted by Gasteiger charge is 2.35. The molecule has 130 valence electrons. The van der Waals surface area contributed by atoms with E-state index in [1.54, 1.807) is 0 Å². The first-order chi connectivity index (χ1) is 12.3. The molecule has 25 heavy (non-hydrogen) atoms. The molecule has 2 aromatic rings. The quantitative estimate of drug-likeness (QED) is 0.790. The third-order valence-electron chi connectivity index (χ3n) is 5.16. The highest BCUT2D eigenvalue weighted by molar-refractivity contribution is 5.79. The molecule has 0 radical (unpaired) electrons. The average Bonchev–Trinajstić information content (AvgIpc) is 3.19. The lowest BCUT2D eigenvalue weighted by molar-refractivity contribution is -0.140. The van der Waals surface area contributed by atoms with Gasteiger partial charge in [0.1, 0.15) is 6.04 Å². The minimum Gasteiger partial charge on any atom is -0.337 e. The summed E-state index contributed by atoms with van der Waals surface area (Å²) in [7, 11) is 0. The van der Waals surface area contributed by atoms with Gasteiger partial charge < -0.3 is 9.42 Å². The SMILES string of the molecule is O=C([C@H]1CC=CCC1)N1CCCC[C@@H]1c1nc(-c2ccccc2)no1. The van der Waals surface area contributed by atoms with Crippen molar-refractivity contribution in [3.8, 4) is 11.4 Å². The van der Waals surface area contributed by atoms with Gasteiger partial charge in [0.15, 0.2) is 0 Å². The Kier molecular flexibility index (Phi) is 4.63. The van der Waals surface area contributed by atoms with Gasteiger partial charge in [0.25, 0.3) is 0 Å². The molecule has 5 heteroatoms. The number of hydrogen-bond donors (Lipinski definition) is 0. The van der Waals surface area contributed by atoms with Gasteiger partial charge in [-0.05, 0) is 38.5 Å². The Hall–Kier alpha value is -2.43. The van der Waals surface area contributed by atoms with Crippen molar-refractivity contribution in [2.45, 2.75) is 44.6 Å². The number of rotatable bonds is 3. The predicted octanol–water partition coefficient (Wildman–Crippen LogP) is 4.15. The maximum absolute atomic E-state index is 13.0. The summed E-state index contributed by atoms with van der Waals surface area (Å²) in [4.78, 5) is 19.6. The van der Waals surface area contributed by atoms with E-state index in [2.05, 4.69) is 22.3 Å². The molecule has 0 bridgehead atoms. The van der Waals surface area contributed by atoms with Crippen molar-refractivity contribution in [2.24, 2.45) is 5.92 Å². The van der Waals surface area contributed by atoms with Crippen LogP contribution in [0.15, 0.2) is 47.0 Å². The summed E-state index contributed by atoms with van der Waals surface area (Å²) >= 11 is 0. The third kappa shape index (κ3) is 3.36. The van der Waals surface area contributed by atoms with Crippen LogP contribution >= 0.6 is 0 Å². The molecule has 1 aromatic carbocycles. The van der Waals surface area contributed by atoms with Gasteiger partial charge in [-0.1, -0.05) is 47.6 Å². The van der Waals surface area contributed by atoms with E-state index in [-0.39, 0.29) is 17.9 Å². The highest BCUT2D eigenvalue weighted by Crippen LogP contribution is 2.34. The summed E-state index contributed by atoms with van der Waals surface area (Å²) in [5.74, 6) is 1.50. The van der Waals surface area contributed by atoms with Crippen LogP contribution in [0.5, 0.6) is 0 Å². The minimum absolute atomic E-state index is 0.0860. The summed E-state index contributed by atoms with van der Waals surface area (Å²) in [5.41, 5.74) is 0.934. The van der Waals surface area contributed by atoms with Crippen LogP contribution in [-0.4, -0.2) is 27.5 Å². The topological polar surface area (TPSA) is 59.2 Å². The number of allylic oxidation sites excluding steroid dienone is 2. The van der Waals surface area contributed by atoms with Crippen molar-refractivity contribution in [2.75, 3.05) is 6.54 Å². The van der Waals surface area contributed by atoms with Gasteiger partial charge >= 0.3 is 0 Å². The van der Waals surface area contributed by atoms with Crippen LogP contribution in [0.2, 0.25) is 0 Å². The zero-order chi connectivity index (χ0) is 17.1. The fourth-order valence-electron chi connectivity index (χ4n) is 3.78. The number of piperidine rings is 1. The maximum atomic E-state index is 13.0. The van der Waals surface area contributed by atoms with Crippen molar-refractivity contribution in [3.63, 3.8) is 0 Å². The molecular weight excluding hydrogens is 314 g/mol. The molecule has 0 spiro atoms. The average molecular weight is 337 g/mol. The van der Waals surface area contributed by atoms with Gasteiger partial charge in [0.2, 0.25) is 17.6 Å². The largest absolute Gasteiger partial charge is 0.337 e. The first-order valence-electron chi connectivity index (χ1n) is 9.17. The Balaban J connectivity index is 1.56. The molecule has 2 aliphatic rings. The molecule has 2 heterocycles. The first-order valence-corrected chi connectivity index (χ1v) is 9.17. The fourth-order valence-corrected chi connectivity index (χ4v) is 3.78. The number of benzene rings is 1. The van der Waals surface area contributed by atoms with Crippen molar-refractivity contribution >= 4 is 5.91 Å². The normalized spacial score (nSPS) is 23.6. The number of nitrogens with zero attached hydrogens (tertiary/aromatic N) is 3. The van der Waals surface area contributed by atoms with E-state index in [9.17, 15) is 4.79 Å². The Morgan fingerprint density at radius 1 is 1.12 bits per heavy atom. The molecular formula is C20H23N3O2. The summed E-state index contributed by atoms with van der Waals surface area (Å²) in [6.07, 6.45) is 10.1. The lowest BCUT2D eigenvalue weighted by Gasteiger charge is -2.36. The smallest absolute Gasteiger partial charge is 0.249 e. The number of amides is 1. The zero-order valence-electron chi connectivity index (χ0n) is 14.3. The predicted molar refractivity (Wildman–Crippen MR) is 94.5 cm³/mol. The fraction of sp³-hybridized carbons (Fsp3) is 0.450. The standard InChI is InChI=1S/C20H23N3O2/c24-20(16-11-5-2-6-12-16)23-14-8-7-13-17(23)19-21-18(22-25-19)15-9-3-1-4-10-15/h1-5,9-10,16-17H,6-8,11-14H2/t16-,17+/m0/s1. The number of carbonyl (C=O) groups is 1. The summed E-state index contributed by atoms with van der Waals surface area (Å²) in [6, 6.07) is 9.72. The molecule has 0 unspecified atom stereocenters. The molecule has 2 atom stereocenters. The molecule has 1 amide bonds. The monoisotopic (exact) mass is 337 g/mol. The van der Waals surface area contributed by atoms with Gasteiger partial charge in [-0.2, -0.15) is 4.98 Å². The molecule has 1 aliphatic carbocycles. The van der Waals surface area contributed by atoms with E-state index in [0.717, 1.165) is 50.6 Å². The molecule has 1 aromatic heterocycles. The van der Waals surface area contributed by atoms with Crippen LogP contribution in [0.3, 0.4) is 0 Å². The summed E-state index contributed by atoms with van der Waals surface area (Å²) in [5, 5.41) is 4.13. The lowest BCUT2D eigenvalue weighted by Crippen LogP contribution is -2.42. The number of likely N-dealkylation sites (tertiary alicyclic amines) is 1. The van der Waals surface area contributed by atoms with E-state index >= 15 is 0 Å².